The third-order valence-corrected chi connectivity index (χ3v) is 10.4. The van der Waals surface area contributed by atoms with Crippen LogP contribution in [0.2, 0.25) is 0 Å². The number of benzene rings is 1. The number of nitrogens with one attached hydrogen (secondary N) is 3. The Kier molecular flexibility index (Phi) is 18.5. The van der Waals surface area contributed by atoms with E-state index in [1.807, 2.05) is 78.8 Å². The molecule has 16 nitrogen and oxygen atoms in total. The van der Waals surface area contributed by atoms with Gasteiger partial charge in [0.2, 0.25) is 23.6 Å². The topological polar surface area (TPSA) is 201 Å². The van der Waals surface area contributed by atoms with Crippen molar-refractivity contribution in [2.75, 3.05) is 27.2 Å². The van der Waals surface area contributed by atoms with Gasteiger partial charge in [-0.2, -0.15) is 0 Å². The van der Waals surface area contributed by atoms with Gasteiger partial charge in [0.15, 0.2) is 0 Å². The lowest BCUT2D eigenvalue weighted by Crippen LogP contribution is -2.63. The second kappa shape index (κ2) is 21.7. The fourth-order valence-corrected chi connectivity index (χ4v) is 7.02. The van der Waals surface area contributed by atoms with Gasteiger partial charge in [0.25, 0.3) is 11.8 Å². The molecule has 350 valence electrons. The molecule has 7 amide bonds. The summed E-state index contributed by atoms with van der Waals surface area (Å²) in [5.41, 5.74) is -2.44. The number of amides is 7. The summed E-state index contributed by atoms with van der Waals surface area (Å²) in [4.78, 5) is 110. The number of imide groups is 1. The molecule has 0 aliphatic carbocycles. The van der Waals surface area contributed by atoms with Crippen molar-refractivity contribution >= 4 is 47.5 Å². The van der Waals surface area contributed by atoms with Crippen LogP contribution in [0.5, 0.6) is 0 Å². The van der Waals surface area contributed by atoms with Crippen LogP contribution in [0.1, 0.15) is 115 Å². The molecule has 4 atom stereocenters. The summed E-state index contributed by atoms with van der Waals surface area (Å²) in [5, 5.41) is 8.33. The second-order valence-electron chi connectivity index (χ2n) is 20.0. The highest BCUT2D eigenvalue weighted by molar-refractivity contribution is 6.12. The van der Waals surface area contributed by atoms with Crippen molar-refractivity contribution in [1.82, 2.24) is 30.7 Å². The highest BCUT2D eigenvalue weighted by Gasteiger charge is 2.46. The van der Waals surface area contributed by atoms with E-state index < -0.39 is 93.7 Å². The molecule has 0 spiro atoms. The highest BCUT2D eigenvalue weighted by atomic mass is 16.6. The van der Waals surface area contributed by atoms with Crippen molar-refractivity contribution in [3.63, 3.8) is 0 Å². The molecule has 3 N–H and O–H groups in total. The van der Waals surface area contributed by atoms with Gasteiger partial charge in [-0.05, 0) is 71.8 Å². The van der Waals surface area contributed by atoms with Crippen molar-refractivity contribution in [3.8, 4) is 0 Å². The van der Waals surface area contributed by atoms with Crippen LogP contribution in [0, 0.1) is 11.3 Å². The lowest BCUT2D eigenvalue weighted by atomic mass is 9.76. The first-order chi connectivity index (χ1) is 28.8. The van der Waals surface area contributed by atoms with Crippen LogP contribution >= 0.6 is 0 Å². The first-order valence-electron chi connectivity index (χ1n) is 21.4. The third kappa shape index (κ3) is 16.0. The number of hydrogen-bond donors (Lipinski definition) is 3. The molecular weight excluding hydrogens is 809 g/mol. The van der Waals surface area contributed by atoms with Gasteiger partial charge in [-0.15, -0.1) is 0 Å². The largest absolute Gasteiger partial charge is 0.460 e. The van der Waals surface area contributed by atoms with Gasteiger partial charge < -0.3 is 30.3 Å². The van der Waals surface area contributed by atoms with Crippen LogP contribution in [-0.4, -0.2) is 125 Å². The molecule has 1 heterocycles. The lowest BCUT2D eigenvalue weighted by molar-refractivity contribution is -0.155. The van der Waals surface area contributed by atoms with Crippen molar-refractivity contribution in [1.29, 1.82) is 0 Å². The lowest BCUT2D eigenvalue weighted by Gasteiger charge is -2.42. The Morgan fingerprint density at radius 2 is 1.30 bits per heavy atom. The van der Waals surface area contributed by atoms with Crippen molar-refractivity contribution < 1.29 is 47.8 Å². The zero-order valence-corrected chi connectivity index (χ0v) is 40.3. The van der Waals surface area contributed by atoms with Crippen molar-refractivity contribution in [2.24, 2.45) is 11.3 Å². The molecule has 2 rings (SSSR count). The number of rotatable bonds is 18. The molecule has 0 unspecified atom stereocenters. The third-order valence-electron chi connectivity index (χ3n) is 10.4. The minimum Gasteiger partial charge on any atom is -0.460 e. The number of carbonyl (C=O) groups excluding carboxylic acids is 8. The summed E-state index contributed by atoms with van der Waals surface area (Å²) in [6.45, 7) is 24.6. The van der Waals surface area contributed by atoms with E-state index in [0.717, 1.165) is 22.6 Å². The molecule has 1 aromatic carbocycles. The fourth-order valence-electron chi connectivity index (χ4n) is 7.02. The predicted octanol–water partition coefficient (Wildman–Crippen LogP) is 4.81. The molecule has 0 bridgehead atoms. The maximum absolute atomic E-state index is 14.6. The van der Waals surface area contributed by atoms with E-state index >= 15 is 0 Å². The maximum atomic E-state index is 14.6. The normalized spacial score (nSPS) is 15.6. The number of likely N-dealkylation sites (N-methyl/N-ethyl adjacent to an activating group) is 2. The van der Waals surface area contributed by atoms with Crippen LogP contribution in [0.4, 0.5) is 4.79 Å². The average Bonchev–Trinajstić information content (AvgIpc) is 3.47. The van der Waals surface area contributed by atoms with E-state index in [-0.39, 0.29) is 37.4 Å². The van der Waals surface area contributed by atoms with E-state index in [4.69, 9.17) is 9.47 Å². The van der Waals surface area contributed by atoms with Crippen LogP contribution in [0.25, 0.3) is 0 Å². The summed E-state index contributed by atoms with van der Waals surface area (Å²) in [5.74, 6) is -4.14. The highest BCUT2D eigenvalue weighted by Crippen LogP contribution is 2.32. The molecular formula is C47H72N6O10. The average molecular weight is 881 g/mol. The zero-order valence-electron chi connectivity index (χ0n) is 40.3. The summed E-state index contributed by atoms with van der Waals surface area (Å²) < 4.78 is 11.1. The first-order valence-corrected chi connectivity index (χ1v) is 21.4. The number of carbonyl (C=O) groups is 8. The molecule has 1 aliphatic rings. The van der Waals surface area contributed by atoms with E-state index in [2.05, 4.69) is 16.0 Å². The van der Waals surface area contributed by atoms with Crippen molar-refractivity contribution in [2.45, 2.75) is 151 Å². The molecule has 0 radical (unpaired) electrons. The van der Waals surface area contributed by atoms with E-state index in [1.54, 1.807) is 54.7 Å². The molecule has 16 heteroatoms. The van der Waals surface area contributed by atoms with Crippen LogP contribution in [-0.2, 0) is 48.5 Å². The van der Waals surface area contributed by atoms with E-state index in [1.165, 1.54) is 23.8 Å². The maximum Gasteiger partial charge on any atom is 0.410 e. The van der Waals surface area contributed by atoms with Crippen LogP contribution in [0.3, 0.4) is 0 Å². The number of ether oxygens (including phenoxy) is 2. The molecule has 0 aromatic heterocycles. The summed E-state index contributed by atoms with van der Waals surface area (Å²) in [6.07, 6.45) is 2.85. The minimum absolute atomic E-state index is 0.0960. The van der Waals surface area contributed by atoms with Gasteiger partial charge >= 0.3 is 12.1 Å². The fraction of sp³-hybridized carbons (Fsp3) is 0.617. The zero-order chi connectivity index (χ0) is 48.4. The van der Waals surface area contributed by atoms with Gasteiger partial charge in [-0.25, -0.2) is 4.79 Å². The van der Waals surface area contributed by atoms with E-state index in [9.17, 15) is 38.4 Å². The first kappa shape index (κ1) is 53.6. The molecule has 63 heavy (non-hydrogen) atoms. The summed E-state index contributed by atoms with van der Waals surface area (Å²) in [6, 6.07) is 5.20. The predicted molar refractivity (Wildman–Crippen MR) is 240 cm³/mol. The molecule has 0 fully saturated rings. The monoisotopic (exact) mass is 881 g/mol. The Labute approximate surface area is 373 Å². The Bertz CT molecular complexity index is 1880. The second-order valence-corrected chi connectivity index (χ2v) is 20.0. The molecule has 0 saturated heterocycles. The summed E-state index contributed by atoms with van der Waals surface area (Å²) >= 11 is 0. The smallest absolute Gasteiger partial charge is 0.410 e. The SMILES string of the molecule is C/C(=C\[C@H](C(C)C)N(C)C(=O)[C@@H](NC(=O)[C@@H](N(C)C(=O)OC(C)(C)C)C(C)(C)c1ccccc1)C(C)(C)C)C(=O)N[C@H](CCC(=O)OC(C)(C)C)C(=O)NCCN1C(=O)C=CC1=O. The molecule has 0 saturated carbocycles. The van der Waals surface area contributed by atoms with Gasteiger partial charge in [0, 0.05) is 56.7 Å². The Morgan fingerprint density at radius 1 is 0.762 bits per heavy atom. The van der Waals surface area contributed by atoms with Crippen LogP contribution in [0.15, 0.2) is 54.1 Å². The minimum atomic E-state index is -1.21. The summed E-state index contributed by atoms with van der Waals surface area (Å²) in [7, 11) is 3.08. The number of nitrogens with zero attached hydrogens (tertiary/aromatic N) is 3. The Morgan fingerprint density at radius 3 is 1.79 bits per heavy atom. The van der Waals surface area contributed by atoms with Crippen molar-refractivity contribution in [3.05, 3.63) is 59.7 Å². The van der Waals surface area contributed by atoms with Gasteiger partial charge in [-0.3, -0.25) is 43.4 Å². The molecule has 1 aromatic rings. The van der Waals surface area contributed by atoms with Gasteiger partial charge in [0.1, 0.15) is 29.3 Å². The van der Waals surface area contributed by atoms with Gasteiger partial charge in [-0.1, -0.05) is 84.9 Å². The quantitative estimate of drug-likeness (QED) is 0.104. The Hall–Kier alpha value is -5.54. The molecule has 1 aliphatic heterocycles. The standard InChI is InChI=1S/C47H72N6O10/c1-29(2)33(28-30(3)39(57)49-32(22-25-36(56)62-45(7,8)9)40(58)48-26-27-53-34(54)23-24-35(53)55)51(15)42(60)37(44(4,5)6)50-41(59)38(52(16)43(61)63-46(10,11)12)47(13,14)31-20-18-17-19-21-31/h17-21,23-24,28-29,32-33,37-38H,22,25-27H2,1-16H3,(H,48,58)(H,49,57)(H,50,59)/b30-28+/t32-,33-,37-,38-/m1/s1. The van der Waals surface area contributed by atoms with Crippen LogP contribution < -0.4 is 16.0 Å². The van der Waals surface area contributed by atoms with E-state index in [0.29, 0.717) is 0 Å². The number of esters is 1. The Balaban J connectivity index is 2.43. The number of hydrogen-bond acceptors (Lipinski definition) is 10. The van der Waals surface area contributed by atoms with Gasteiger partial charge in [0.05, 0.1) is 6.04 Å².